The first-order chi connectivity index (χ1) is 16.0. The third-order valence-electron chi connectivity index (χ3n) is 5.44. The van der Waals surface area contributed by atoms with Crippen molar-refractivity contribution in [2.24, 2.45) is 0 Å². The van der Waals surface area contributed by atoms with Gasteiger partial charge in [0.05, 0.1) is 26.0 Å². The number of hydrogen-bond donors (Lipinski definition) is 0. The molecule has 8 heteroatoms. The van der Waals surface area contributed by atoms with Gasteiger partial charge in [0.15, 0.2) is 6.61 Å². The minimum absolute atomic E-state index is 0.0191. The summed E-state index contributed by atoms with van der Waals surface area (Å²) in [5.74, 6) is 1.95. The van der Waals surface area contributed by atoms with E-state index >= 15 is 0 Å². The van der Waals surface area contributed by atoms with E-state index in [-0.39, 0.29) is 18.6 Å². The van der Waals surface area contributed by atoms with E-state index in [4.69, 9.17) is 19.2 Å². The highest BCUT2D eigenvalue weighted by atomic mass is 16.5. The summed E-state index contributed by atoms with van der Waals surface area (Å²) in [4.78, 5) is 25.7. The zero-order chi connectivity index (χ0) is 23.2. The smallest absolute Gasteiger partial charge is 0.260 e. The second kappa shape index (κ2) is 10.3. The molecule has 2 aromatic carbocycles. The lowest BCUT2D eigenvalue weighted by Gasteiger charge is -2.33. The summed E-state index contributed by atoms with van der Waals surface area (Å²) in [6, 6.07) is 17.1. The van der Waals surface area contributed by atoms with Crippen LogP contribution in [0.25, 0.3) is 11.1 Å². The van der Waals surface area contributed by atoms with Crippen molar-refractivity contribution in [2.45, 2.75) is 6.10 Å². The van der Waals surface area contributed by atoms with Crippen molar-refractivity contribution in [3.05, 3.63) is 66.5 Å². The summed E-state index contributed by atoms with van der Waals surface area (Å²) in [7, 11) is 5.42. The van der Waals surface area contributed by atoms with Crippen molar-refractivity contribution in [2.75, 3.05) is 52.4 Å². The van der Waals surface area contributed by atoms with Crippen LogP contribution >= 0.6 is 0 Å². The van der Waals surface area contributed by atoms with Gasteiger partial charge in [-0.3, -0.25) is 4.79 Å². The normalized spacial score (nSPS) is 15.7. The van der Waals surface area contributed by atoms with E-state index in [1.54, 1.807) is 12.0 Å². The Labute approximate surface area is 193 Å². The third kappa shape index (κ3) is 5.40. The summed E-state index contributed by atoms with van der Waals surface area (Å²) < 4.78 is 17.0. The predicted molar refractivity (Wildman–Crippen MR) is 126 cm³/mol. The SMILES string of the molecule is COc1ccc(-c2cnc(N(C)C)nc2C2CN(C(=O)COc3ccccc3)CCO2)cc1. The van der Waals surface area contributed by atoms with Crippen LogP contribution in [-0.2, 0) is 9.53 Å². The van der Waals surface area contributed by atoms with Gasteiger partial charge in [-0.2, -0.15) is 0 Å². The molecule has 1 aromatic heterocycles. The molecule has 1 aliphatic heterocycles. The van der Waals surface area contributed by atoms with E-state index in [1.807, 2.05) is 79.8 Å². The highest BCUT2D eigenvalue weighted by molar-refractivity contribution is 5.78. The molecule has 2 heterocycles. The van der Waals surface area contributed by atoms with Crippen LogP contribution < -0.4 is 14.4 Å². The van der Waals surface area contributed by atoms with E-state index in [0.717, 1.165) is 22.6 Å². The summed E-state index contributed by atoms with van der Waals surface area (Å²) in [5.41, 5.74) is 2.57. The van der Waals surface area contributed by atoms with E-state index in [2.05, 4.69) is 4.98 Å². The molecule has 1 atom stereocenters. The number of carbonyl (C=O) groups excluding carboxylic acids is 1. The molecular formula is C25H28N4O4. The van der Waals surface area contributed by atoms with Crippen molar-refractivity contribution >= 4 is 11.9 Å². The molecule has 8 nitrogen and oxygen atoms in total. The molecule has 0 spiro atoms. The van der Waals surface area contributed by atoms with Crippen molar-refractivity contribution in [1.29, 1.82) is 0 Å². The number of amides is 1. The summed E-state index contributed by atoms with van der Waals surface area (Å²) in [6.07, 6.45) is 1.43. The molecule has 1 aliphatic rings. The quantitative estimate of drug-likeness (QED) is 0.549. The van der Waals surface area contributed by atoms with Crippen molar-refractivity contribution in [3.63, 3.8) is 0 Å². The Morgan fingerprint density at radius 1 is 1.12 bits per heavy atom. The van der Waals surface area contributed by atoms with Gasteiger partial charge in [0.2, 0.25) is 5.95 Å². The Hall–Kier alpha value is -3.65. The Morgan fingerprint density at radius 3 is 2.58 bits per heavy atom. The Morgan fingerprint density at radius 2 is 1.88 bits per heavy atom. The number of carbonyl (C=O) groups is 1. The largest absolute Gasteiger partial charge is 0.497 e. The van der Waals surface area contributed by atoms with Crippen LogP contribution in [0.2, 0.25) is 0 Å². The second-order valence-electron chi connectivity index (χ2n) is 7.89. The molecule has 1 saturated heterocycles. The van der Waals surface area contributed by atoms with Crippen LogP contribution in [-0.4, -0.2) is 68.3 Å². The first-order valence-electron chi connectivity index (χ1n) is 10.8. The fourth-order valence-electron chi connectivity index (χ4n) is 3.63. The number of methoxy groups -OCH3 is 1. The molecule has 0 aliphatic carbocycles. The van der Waals surface area contributed by atoms with Gasteiger partial charge in [0, 0.05) is 32.4 Å². The van der Waals surface area contributed by atoms with Crippen LogP contribution in [0.5, 0.6) is 11.5 Å². The van der Waals surface area contributed by atoms with Gasteiger partial charge in [-0.05, 0) is 29.8 Å². The van der Waals surface area contributed by atoms with Crippen molar-refractivity contribution in [1.82, 2.24) is 14.9 Å². The second-order valence-corrected chi connectivity index (χ2v) is 7.89. The molecule has 0 saturated carbocycles. The molecular weight excluding hydrogens is 420 g/mol. The topological polar surface area (TPSA) is 77.0 Å². The molecule has 33 heavy (non-hydrogen) atoms. The lowest BCUT2D eigenvalue weighted by Crippen LogP contribution is -2.44. The van der Waals surface area contributed by atoms with E-state index in [0.29, 0.717) is 31.4 Å². The molecule has 4 rings (SSSR count). The van der Waals surface area contributed by atoms with Gasteiger partial charge < -0.3 is 24.0 Å². The Bertz CT molecular complexity index is 1070. The Kier molecular flexibility index (Phi) is 7.04. The minimum Gasteiger partial charge on any atom is -0.497 e. The molecule has 1 fully saturated rings. The molecule has 1 unspecified atom stereocenters. The third-order valence-corrected chi connectivity index (χ3v) is 5.44. The maximum Gasteiger partial charge on any atom is 0.260 e. The highest BCUT2D eigenvalue weighted by Crippen LogP contribution is 2.32. The van der Waals surface area contributed by atoms with Crippen LogP contribution in [0, 0.1) is 0 Å². The summed E-state index contributed by atoms with van der Waals surface area (Å²) >= 11 is 0. The van der Waals surface area contributed by atoms with E-state index in [1.165, 1.54) is 0 Å². The molecule has 0 bridgehead atoms. The molecule has 3 aromatic rings. The van der Waals surface area contributed by atoms with Gasteiger partial charge in [-0.1, -0.05) is 30.3 Å². The van der Waals surface area contributed by atoms with Gasteiger partial charge in [-0.15, -0.1) is 0 Å². The molecule has 0 N–H and O–H groups in total. The average Bonchev–Trinajstić information content (AvgIpc) is 2.87. The van der Waals surface area contributed by atoms with E-state index < -0.39 is 0 Å². The van der Waals surface area contributed by atoms with Gasteiger partial charge in [0.25, 0.3) is 5.91 Å². The van der Waals surface area contributed by atoms with Gasteiger partial charge in [0.1, 0.15) is 17.6 Å². The number of ether oxygens (including phenoxy) is 3. The zero-order valence-electron chi connectivity index (χ0n) is 19.1. The summed E-state index contributed by atoms with van der Waals surface area (Å²) in [6.45, 7) is 1.31. The van der Waals surface area contributed by atoms with Crippen LogP contribution in [0.15, 0.2) is 60.8 Å². The molecule has 172 valence electrons. The van der Waals surface area contributed by atoms with Gasteiger partial charge >= 0.3 is 0 Å². The number of aromatic nitrogens is 2. The van der Waals surface area contributed by atoms with Crippen molar-refractivity contribution in [3.8, 4) is 22.6 Å². The maximum absolute atomic E-state index is 12.8. The lowest BCUT2D eigenvalue weighted by molar-refractivity contribution is -0.141. The zero-order valence-corrected chi connectivity index (χ0v) is 19.1. The average molecular weight is 449 g/mol. The fraction of sp³-hybridized carbons (Fsp3) is 0.320. The number of nitrogens with zero attached hydrogens (tertiary/aromatic N) is 4. The Balaban J connectivity index is 1.55. The fourth-order valence-corrected chi connectivity index (χ4v) is 3.63. The number of morpholine rings is 1. The van der Waals surface area contributed by atoms with Crippen LogP contribution in [0.1, 0.15) is 11.8 Å². The lowest BCUT2D eigenvalue weighted by atomic mass is 10.0. The van der Waals surface area contributed by atoms with Crippen LogP contribution in [0.3, 0.4) is 0 Å². The summed E-state index contributed by atoms with van der Waals surface area (Å²) in [5, 5.41) is 0. The molecule has 1 amide bonds. The van der Waals surface area contributed by atoms with Gasteiger partial charge in [-0.25, -0.2) is 9.97 Å². The number of hydrogen-bond acceptors (Lipinski definition) is 7. The highest BCUT2D eigenvalue weighted by Gasteiger charge is 2.29. The first kappa shape index (κ1) is 22.5. The monoisotopic (exact) mass is 448 g/mol. The minimum atomic E-state index is -0.377. The number of para-hydroxylation sites is 1. The first-order valence-corrected chi connectivity index (χ1v) is 10.8. The van der Waals surface area contributed by atoms with E-state index in [9.17, 15) is 4.79 Å². The van der Waals surface area contributed by atoms with Crippen molar-refractivity contribution < 1.29 is 19.0 Å². The molecule has 0 radical (unpaired) electrons. The number of rotatable bonds is 7. The van der Waals surface area contributed by atoms with Crippen LogP contribution in [0.4, 0.5) is 5.95 Å². The number of anilines is 1. The predicted octanol–water partition coefficient (Wildman–Crippen LogP) is 3.20. The standard InChI is InChI=1S/C25H28N4O4/c1-28(2)25-26-15-21(18-9-11-19(31-3)12-10-18)24(27-25)22-16-29(13-14-32-22)23(30)17-33-20-7-5-4-6-8-20/h4-12,15,22H,13-14,16-17H2,1-3H3. The number of benzene rings is 2. The maximum atomic E-state index is 12.8.